The molecule has 0 saturated heterocycles. The van der Waals surface area contributed by atoms with E-state index in [0.29, 0.717) is 21.8 Å². The number of anilines is 1. The number of amides is 1. The number of hydrogen-bond donors (Lipinski definition) is 1. The standard InChI is InChI=1S/C15H12ClN3O2S2/c1-9(13(20)17-11-6-3-2-5-10(11)16)23-15-19-18-14(21-15)12-7-4-8-22-12/h2-9H,1H3,(H,17,20)/t9-/m0/s1. The van der Waals surface area contributed by atoms with Gasteiger partial charge >= 0.3 is 0 Å². The molecule has 118 valence electrons. The minimum absolute atomic E-state index is 0.182. The first kappa shape index (κ1) is 16.0. The first-order valence-electron chi connectivity index (χ1n) is 6.73. The van der Waals surface area contributed by atoms with Crippen molar-refractivity contribution in [2.24, 2.45) is 0 Å². The molecule has 3 aromatic rings. The van der Waals surface area contributed by atoms with E-state index in [-0.39, 0.29) is 5.91 Å². The van der Waals surface area contributed by atoms with Crippen molar-refractivity contribution in [2.75, 3.05) is 5.32 Å². The molecule has 0 aliphatic heterocycles. The SMILES string of the molecule is C[C@H](Sc1nnc(-c2cccs2)o1)C(=O)Nc1ccccc1Cl. The lowest BCUT2D eigenvalue weighted by Gasteiger charge is -2.10. The van der Waals surface area contributed by atoms with Gasteiger partial charge in [0.2, 0.25) is 5.91 Å². The minimum atomic E-state index is -0.400. The Labute approximate surface area is 146 Å². The van der Waals surface area contributed by atoms with Gasteiger partial charge in [0.1, 0.15) is 0 Å². The number of carbonyl (C=O) groups excluding carboxylic acids is 1. The number of aromatic nitrogens is 2. The number of halogens is 1. The molecule has 0 saturated carbocycles. The van der Waals surface area contributed by atoms with Crippen LogP contribution < -0.4 is 5.32 Å². The molecular weight excluding hydrogens is 354 g/mol. The van der Waals surface area contributed by atoms with Gasteiger partial charge in [0.05, 0.1) is 20.8 Å². The number of thioether (sulfide) groups is 1. The Hall–Kier alpha value is -1.83. The monoisotopic (exact) mass is 365 g/mol. The van der Waals surface area contributed by atoms with Gasteiger partial charge in [0.15, 0.2) is 0 Å². The van der Waals surface area contributed by atoms with Crippen LogP contribution >= 0.6 is 34.7 Å². The third-order valence-corrected chi connectivity index (χ3v) is 5.04. The summed E-state index contributed by atoms with van der Waals surface area (Å²) in [6, 6.07) is 10.9. The number of nitrogens with one attached hydrogen (secondary N) is 1. The molecule has 2 heterocycles. The Bertz CT molecular complexity index is 805. The molecule has 1 aromatic carbocycles. The predicted octanol–water partition coefficient (Wildman–Crippen LogP) is 4.57. The van der Waals surface area contributed by atoms with Crippen LogP contribution in [0.5, 0.6) is 0 Å². The van der Waals surface area contributed by atoms with Crippen molar-refractivity contribution < 1.29 is 9.21 Å². The van der Waals surface area contributed by atoms with Gasteiger partial charge in [-0.1, -0.05) is 41.6 Å². The summed E-state index contributed by atoms with van der Waals surface area (Å²) in [4.78, 5) is 13.1. The van der Waals surface area contributed by atoms with Gasteiger partial charge < -0.3 is 9.73 Å². The van der Waals surface area contributed by atoms with Crippen LogP contribution in [0.25, 0.3) is 10.8 Å². The maximum Gasteiger partial charge on any atom is 0.277 e. The van der Waals surface area contributed by atoms with Crippen molar-refractivity contribution in [2.45, 2.75) is 17.4 Å². The van der Waals surface area contributed by atoms with Crippen molar-refractivity contribution in [3.63, 3.8) is 0 Å². The number of hydrogen-bond acceptors (Lipinski definition) is 6. The van der Waals surface area contributed by atoms with E-state index in [1.165, 1.54) is 23.1 Å². The van der Waals surface area contributed by atoms with E-state index in [1.807, 2.05) is 23.6 Å². The number of thiophene rings is 1. The fraction of sp³-hybridized carbons (Fsp3) is 0.133. The van der Waals surface area contributed by atoms with Gasteiger partial charge in [-0.3, -0.25) is 4.79 Å². The summed E-state index contributed by atoms with van der Waals surface area (Å²) in [6.45, 7) is 1.77. The molecular formula is C15H12ClN3O2S2. The molecule has 2 aromatic heterocycles. The molecule has 0 fully saturated rings. The Morgan fingerprint density at radius 1 is 1.30 bits per heavy atom. The number of rotatable bonds is 5. The molecule has 0 radical (unpaired) electrons. The largest absolute Gasteiger partial charge is 0.410 e. The van der Waals surface area contributed by atoms with E-state index in [0.717, 1.165) is 4.88 Å². The van der Waals surface area contributed by atoms with Crippen molar-refractivity contribution in [1.82, 2.24) is 10.2 Å². The van der Waals surface area contributed by atoms with Crippen LogP contribution in [0.15, 0.2) is 51.4 Å². The average Bonchev–Trinajstić information content (AvgIpc) is 3.20. The summed E-state index contributed by atoms with van der Waals surface area (Å²) in [7, 11) is 0. The molecule has 1 amide bonds. The summed E-state index contributed by atoms with van der Waals surface area (Å²) in [5.41, 5.74) is 0.580. The first-order valence-corrected chi connectivity index (χ1v) is 8.86. The minimum Gasteiger partial charge on any atom is -0.410 e. The molecule has 0 aliphatic rings. The molecule has 0 spiro atoms. The number of nitrogens with zero attached hydrogens (tertiary/aromatic N) is 2. The van der Waals surface area contributed by atoms with Crippen LogP contribution in [-0.4, -0.2) is 21.4 Å². The maximum absolute atomic E-state index is 12.2. The topological polar surface area (TPSA) is 68.0 Å². The van der Waals surface area contributed by atoms with Gasteiger partial charge in [0, 0.05) is 0 Å². The zero-order chi connectivity index (χ0) is 16.2. The van der Waals surface area contributed by atoms with Gasteiger partial charge in [-0.15, -0.1) is 21.5 Å². The van der Waals surface area contributed by atoms with E-state index in [2.05, 4.69) is 15.5 Å². The normalized spacial score (nSPS) is 12.1. The van der Waals surface area contributed by atoms with Crippen molar-refractivity contribution in [3.05, 3.63) is 46.8 Å². The van der Waals surface area contributed by atoms with Crippen molar-refractivity contribution >= 4 is 46.3 Å². The van der Waals surface area contributed by atoms with Crippen LogP contribution in [0, 0.1) is 0 Å². The first-order chi connectivity index (χ1) is 11.1. The zero-order valence-electron chi connectivity index (χ0n) is 12.0. The summed E-state index contributed by atoms with van der Waals surface area (Å²) in [5, 5.41) is 13.1. The van der Waals surface area contributed by atoms with E-state index < -0.39 is 5.25 Å². The highest BCUT2D eigenvalue weighted by Gasteiger charge is 2.19. The van der Waals surface area contributed by atoms with Crippen molar-refractivity contribution in [1.29, 1.82) is 0 Å². The van der Waals surface area contributed by atoms with Crippen LogP contribution in [0.1, 0.15) is 6.92 Å². The van der Waals surface area contributed by atoms with Crippen LogP contribution in [-0.2, 0) is 4.79 Å². The second-order valence-corrected chi connectivity index (χ2v) is 7.23. The quantitative estimate of drug-likeness (QED) is 0.671. The van der Waals surface area contributed by atoms with Crippen LogP contribution in [0.2, 0.25) is 5.02 Å². The predicted molar refractivity (Wildman–Crippen MR) is 93.0 cm³/mol. The Morgan fingerprint density at radius 2 is 2.13 bits per heavy atom. The van der Waals surface area contributed by atoms with Crippen LogP contribution in [0.3, 0.4) is 0 Å². The third-order valence-electron chi connectivity index (χ3n) is 2.92. The fourth-order valence-corrected chi connectivity index (χ4v) is 3.27. The lowest BCUT2D eigenvalue weighted by molar-refractivity contribution is -0.115. The van der Waals surface area contributed by atoms with E-state index in [1.54, 1.807) is 25.1 Å². The molecule has 5 nitrogen and oxygen atoms in total. The second kappa shape index (κ2) is 7.16. The van der Waals surface area contributed by atoms with E-state index >= 15 is 0 Å². The Kier molecular flexibility index (Phi) is 5.00. The van der Waals surface area contributed by atoms with E-state index in [9.17, 15) is 4.79 Å². The molecule has 23 heavy (non-hydrogen) atoms. The zero-order valence-corrected chi connectivity index (χ0v) is 14.4. The van der Waals surface area contributed by atoms with E-state index in [4.69, 9.17) is 16.0 Å². The highest BCUT2D eigenvalue weighted by Crippen LogP contribution is 2.29. The number of benzene rings is 1. The van der Waals surface area contributed by atoms with Gasteiger partial charge in [-0.2, -0.15) is 0 Å². The summed E-state index contributed by atoms with van der Waals surface area (Å²) in [6.07, 6.45) is 0. The molecule has 1 N–H and O–H groups in total. The van der Waals surface area contributed by atoms with Crippen LogP contribution in [0.4, 0.5) is 5.69 Å². The summed E-state index contributed by atoms with van der Waals surface area (Å²) < 4.78 is 5.57. The lowest BCUT2D eigenvalue weighted by Crippen LogP contribution is -2.22. The molecule has 0 bridgehead atoms. The second-order valence-electron chi connectivity index (χ2n) is 4.58. The average molecular weight is 366 g/mol. The molecule has 8 heteroatoms. The Balaban J connectivity index is 1.64. The third kappa shape index (κ3) is 3.93. The molecule has 3 rings (SSSR count). The maximum atomic E-state index is 12.2. The van der Waals surface area contributed by atoms with Gasteiger partial charge in [-0.25, -0.2) is 0 Å². The highest BCUT2D eigenvalue weighted by atomic mass is 35.5. The Morgan fingerprint density at radius 3 is 2.87 bits per heavy atom. The van der Waals surface area contributed by atoms with Gasteiger partial charge in [-0.05, 0) is 30.5 Å². The van der Waals surface area contributed by atoms with Crippen molar-refractivity contribution in [3.8, 4) is 10.8 Å². The van der Waals surface area contributed by atoms with Gasteiger partial charge in [0.25, 0.3) is 11.1 Å². The number of para-hydroxylation sites is 1. The fourth-order valence-electron chi connectivity index (χ4n) is 1.76. The smallest absolute Gasteiger partial charge is 0.277 e. The molecule has 0 unspecified atom stereocenters. The highest BCUT2D eigenvalue weighted by molar-refractivity contribution is 8.00. The molecule has 0 aliphatic carbocycles. The summed E-state index contributed by atoms with van der Waals surface area (Å²) >= 11 is 8.75. The number of carbonyl (C=O) groups is 1. The lowest BCUT2D eigenvalue weighted by atomic mass is 10.3. The summed E-state index contributed by atoms with van der Waals surface area (Å²) in [5.74, 6) is 0.278. The molecule has 1 atom stereocenters.